The van der Waals surface area contributed by atoms with E-state index in [9.17, 15) is 20.4 Å². The van der Waals surface area contributed by atoms with Gasteiger partial charge in [0.25, 0.3) is 0 Å². The van der Waals surface area contributed by atoms with Gasteiger partial charge >= 0.3 is 0 Å². The Kier molecular flexibility index (Phi) is 4.64. The number of hydrogen-bond donors (Lipinski definition) is 5. The lowest BCUT2D eigenvalue weighted by atomic mass is 9.47. The first-order valence-electron chi connectivity index (χ1n) is 19.0. The van der Waals surface area contributed by atoms with Crippen molar-refractivity contribution in [1.82, 2.24) is 14.8 Å². The first kappa shape index (κ1) is 27.5. The lowest BCUT2D eigenvalue weighted by molar-refractivity contribution is -0.176. The predicted octanol–water partition coefficient (Wildman–Crippen LogP) is 3.82. The smallest absolute Gasteiger partial charge is 0.166 e. The Bertz CT molecular complexity index is 1910. The molecule has 5 N–H and O–H groups in total. The van der Waals surface area contributed by atoms with Crippen molar-refractivity contribution in [2.75, 3.05) is 26.2 Å². The Hall–Kier alpha value is -3.24. The molecule has 13 rings (SSSR count). The number of aromatic nitrogens is 1. The number of phenolic OH excluding ortho intramolecular Hbond substituents is 2. The van der Waals surface area contributed by atoms with E-state index in [1.54, 1.807) is 12.1 Å². The molecule has 1 aromatic heterocycles. The van der Waals surface area contributed by atoms with Crippen molar-refractivity contribution < 1.29 is 29.9 Å². The van der Waals surface area contributed by atoms with Crippen LogP contribution in [0, 0.1) is 11.8 Å². The highest BCUT2D eigenvalue weighted by atomic mass is 16.5. The van der Waals surface area contributed by atoms with Crippen LogP contribution in [0.25, 0.3) is 0 Å². The van der Waals surface area contributed by atoms with Crippen molar-refractivity contribution in [1.29, 1.82) is 0 Å². The van der Waals surface area contributed by atoms with Gasteiger partial charge in [0.1, 0.15) is 0 Å². The number of phenols is 2. The number of nitrogens with one attached hydrogen (secondary N) is 1. The van der Waals surface area contributed by atoms with E-state index in [0.29, 0.717) is 36.2 Å². The number of fused-ring (bicyclic) bond motifs is 5. The second kappa shape index (κ2) is 8.28. The summed E-state index contributed by atoms with van der Waals surface area (Å²) < 4.78 is 13.9. The number of hydrogen-bond acceptors (Lipinski definition) is 8. The number of aliphatic hydroxyl groups is 2. The van der Waals surface area contributed by atoms with Gasteiger partial charge in [-0.1, -0.05) is 12.1 Å². The molecule has 4 fully saturated rings. The number of rotatable bonds is 4. The van der Waals surface area contributed by atoms with E-state index in [1.165, 1.54) is 36.8 Å². The summed E-state index contributed by atoms with van der Waals surface area (Å²) in [7, 11) is 0. The summed E-state index contributed by atoms with van der Waals surface area (Å²) in [5.74, 6) is 2.77. The molecule has 2 spiro atoms. The number of nitrogens with zero attached hydrogens (tertiary/aromatic N) is 2. The molecular formula is C40H43N3O6. The topological polar surface area (TPSA) is 122 Å². The molecule has 9 nitrogen and oxygen atoms in total. The van der Waals surface area contributed by atoms with Gasteiger partial charge in [0.15, 0.2) is 35.2 Å². The average Bonchev–Trinajstić information content (AvgIpc) is 3.98. The minimum atomic E-state index is -1.09. The van der Waals surface area contributed by atoms with Crippen LogP contribution in [0.4, 0.5) is 0 Å². The molecule has 3 aromatic rings. The Morgan fingerprint density at radius 1 is 0.673 bits per heavy atom. The van der Waals surface area contributed by atoms with Gasteiger partial charge in [-0.3, -0.25) is 9.80 Å². The highest BCUT2D eigenvalue weighted by molar-refractivity contribution is 5.68. The monoisotopic (exact) mass is 661 g/mol. The van der Waals surface area contributed by atoms with Crippen LogP contribution in [-0.2, 0) is 36.5 Å². The van der Waals surface area contributed by atoms with Crippen LogP contribution in [0.2, 0.25) is 0 Å². The van der Waals surface area contributed by atoms with E-state index in [-0.39, 0.29) is 23.6 Å². The molecule has 0 radical (unpaired) electrons. The van der Waals surface area contributed by atoms with Crippen LogP contribution in [0.3, 0.4) is 0 Å². The van der Waals surface area contributed by atoms with Gasteiger partial charge in [-0.25, -0.2) is 0 Å². The molecule has 6 aliphatic carbocycles. The number of aromatic amines is 1. The fourth-order valence-electron chi connectivity index (χ4n) is 13.4. The normalized spacial score (nSPS) is 41.3. The van der Waals surface area contributed by atoms with Crippen LogP contribution in [0.1, 0.15) is 95.5 Å². The summed E-state index contributed by atoms with van der Waals surface area (Å²) in [5.41, 5.74) is 4.93. The van der Waals surface area contributed by atoms with Crippen LogP contribution in [0.15, 0.2) is 24.3 Å². The molecule has 10 aliphatic rings. The van der Waals surface area contributed by atoms with E-state index in [0.717, 1.165) is 85.5 Å². The van der Waals surface area contributed by atoms with Crippen molar-refractivity contribution in [3.63, 3.8) is 0 Å². The Labute approximate surface area is 284 Å². The van der Waals surface area contributed by atoms with Gasteiger partial charge in [0.05, 0.1) is 33.4 Å². The third-order valence-electron chi connectivity index (χ3n) is 15.7. The minimum Gasteiger partial charge on any atom is -0.504 e. The second-order valence-electron chi connectivity index (χ2n) is 17.8. The van der Waals surface area contributed by atoms with E-state index < -0.39 is 34.2 Å². The molecule has 2 saturated heterocycles. The van der Waals surface area contributed by atoms with Crippen LogP contribution < -0.4 is 9.47 Å². The largest absolute Gasteiger partial charge is 0.504 e. The quantitative estimate of drug-likeness (QED) is 0.286. The molecule has 1 unspecified atom stereocenters. The standard InChI is InChI=1S/C40H43N3O6/c44-25-7-5-21-13-27-39(46)15-23-24-16-40(47)28-14-22-6-8-26(45)34-30(22)38(40,10-12-43(28)18-20-3-4-20)36(49-34)32(24)41-31(23)35-37(39,29(21)33(25)48-35)9-11-42(27)17-19-1-2-19/h5-8,19-20,27-28,35-36,41,44-47H,1-4,9-18H2/t27-,28?,35+,36+,37+,38+,39-,40-/m1/s1. The lowest BCUT2D eigenvalue weighted by Gasteiger charge is -2.63. The zero-order chi connectivity index (χ0) is 32.4. The maximum absolute atomic E-state index is 13.5. The summed E-state index contributed by atoms with van der Waals surface area (Å²) in [5, 5.41) is 49.4. The predicted molar refractivity (Wildman–Crippen MR) is 177 cm³/mol. The Morgan fingerprint density at radius 2 is 1.12 bits per heavy atom. The van der Waals surface area contributed by atoms with Gasteiger partial charge in [0, 0.05) is 49.1 Å². The van der Waals surface area contributed by atoms with Crippen LogP contribution >= 0.6 is 0 Å². The third-order valence-corrected chi connectivity index (χ3v) is 15.7. The van der Waals surface area contributed by atoms with Crippen molar-refractivity contribution >= 4 is 0 Å². The molecule has 4 bridgehead atoms. The number of aromatic hydroxyl groups is 2. The Balaban J connectivity index is 1.03. The molecule has 9 heteroatoms. The highest BCUT2D eigenvalue weighted by Gasteiger charge is 2.76. The summed E-state index contributed by atoms with van der Waals surface area (Å²) >= 11 is 0. The summed E-state index contributed by atoms with van der Waals surface area (Å²) in [6, 6.07) is 7.56. The van der Waals surface area contributed by atoms with E-state index >= 15 is 0 Å². The highest BCUT2D eigenvalue weighted by Crippen LogP contribution is 2.72. The second-order valence-corrected chi connectivity index (χ2v) is 17.8. The summed E-state index contributed by atoms with van der Waals surface area (Å²) in [6.45, 7) is 3.84. The maximum atomic E-state index is 13.5. The number of benzene rings is 2. The van der Waals surface area contributed by atoms with Crippen molar-refractivity contribution in [2.45, 2.75) is 111 Å². The molecule has 254 valence electrons. The first-order chi connectivity index (χ1) is 23.7. The molecule has 8 atom stereocenters. The molecule has 2 saturated carbocycles. The van der Waals surface area contributed by atoms with Gasteiger partial charge in [-0.15, -0.1) is 0 Å². The zero-order valence-corrected chi connectivity index (χ0v) is 27.7. The summed E-state index contributed by atoms with van der Waals surface area (Å²) in [4.78, 5) is 9.05. The van der Waals surface area contributed by atoms with Crippen LogP contribution in [-0.4, -0.2) is 84.7 Å². The maximum Gasteiger partial charge on any atom is 0.166 e. The van der Waals surface area contributed by atoms with Crippen LogP contribution in [0.5, 0.6) is 23.0 Å². The number of H-pyrrole nitrogens is 1. The van der Waals surface area contributed by atoms with E-state index in [1.807, 2.05) is 0 Å². The fourth-order valence-corrected chi connectivity index (χ4v) is 13.4. The average molecular weight is 662 g/mol. The van der Waals surface area contributed by atoms with Gasteiger partial charge < -0.3 is 34.9 Å². The van der Waals surface area contributed by atoms with Gasteiger partial charge in [0.2, 0.25) is 0 Å². The molecule has 0 amide bonds. The molecule has 5 heterocycles. The molecule has 2 aromatic carbocycles. The number of piperidine rings is 2. The first-order valence-corrected chi connectivity index (χ1v) is 19.0. The summed E-state index contributed by atoms with van der Waals surface area (Å²) in [6.07, 6.45) is 8.06. The third kappa shape index (κ3) is 2.87. The molecule has 49 heavy (non-hydrogen) atoms. The zero-order valence-electron chi connectivity index (χ0n) is 27.7. The molecule has 4 aliphatic heterocycles. The van der Waals surface area contributed by atoms with E-state index in [2.05, 4.69) is 26.9 Å². The Morgan fingerprint density at radius 3 is 1.55 bits per heavy atom. The number of likely N-dealkylation sites (tertiary alicyclic amines) is 2. The minimum absolute atomic E-state index is 0.0535. The number of ether oxygens (including phenoxy) is 2. The van der Waals surface area contributed by atoms with Gasteiger partial charge in [-0.2, -0.15) is 0 Å². The van der Waals surface area contributed by atoms with E-state index in [4.69, 9.17) is 9.47 Å². The SMILES string of the molecule is Oc1ccc2c3c1O[C@H]1c4[nH]c5c(c4C[C@@]4(O)C(C2)N(CC2CC2)CC[C@]314)C[C@@]1(O)[C@H]2Cc3ccc(O)c4c3[C@@]1(CCN2CC1CC1)[C@H]5O4. The fraction of sp³-hybridized carbons (Fsp3) is 0.600. The van der Waals surface area contributed by atoms with Gasteiger partial charge in [-0.05, 0) is 111 Å². The van der Waals surface area contributed by atoms with Crippen molar-refractivity contribution in [2.24, 2.45) is 11.8 Å². The molecular weight excluding hydrogens is 618 g/mol. The van der Waals surface area contributed by atoms with Crippen molar-refractivity contribution in [3.05, 3.63) is 69.0 Å². The lowest BCUT2D eigenvalue weighted by Crippen LogP contribution is -2.75. The van der Waals surface area contributed by atoms with Crippen molar-refractivity contribution in [3.8, 4) is 23.0 Å².